The number of nitrogens with zero attached hydrogens (tertiary/aromatic N) is 4. The fourth-order valence-electron chi connectivity index (χ4n) is 5.70. The molecular weight excluding hydrogens is 308 g/mol. The van der Waals surface area contributed by atoms with Gasteiger partial charge in [-0.05, 0) is 77.5 Å². The Balaban J connectivity index is 1.14. The smallest absolute Gasteiger partial charge is 0.0506 e. The highest BCUT2D eigenvalue weighted by Crippen LogP contribution is 2.23. The van der Waals surface area contributed by atoms with E-state index in [-0.39, 0.29) is 0 Å². The van der Waals surface area contributed by atoms with Crippen molar-refractivity contribution in [2.24, 2.45) is 0 Å². The Morgan fingerprint density at radius 1 is 0.440 bits per heavy atom. The Labute approximate surface area is 155 Å². The molecule has 0 radical (unpaired) electrons. The van der Waals surface area contributed by atoms with Crippen molar-refractivity contribution in [3.05, 3.63) is 0 Å². The summed E-state index contributed by atoms with van der Waals surface area (Å²) in [4.78, 5) is 11.1. The summed E-state index contributed by atoms with van der Waals surface area (Å²) in [5.74, 6) is 0. The lowest BCUT2D eigenvalue weighted by Gasteiger charge is -2.44. The van der Waals surface area contributed by atoms with Gasteiger partial charge in [0.05, 0.1) is 6.67 Å². The summed E-state index contributed by atoms with van der Waals surface area (Å²) in [6.45, 7) is 12.0. The number of hydrogen-bond acceptors (Lipinski definition) is 4. The van der Waals surface area contributed by atoms with Gasteiger partial charge in [0.25, 0.3) is 0 Å². The fourth-order valence-corrected chi connectivity index (χ4v) is 5.70. The Bertz CT molecular complexity index is 337. The van der Waals surface area contributed by atoms with E-state index < -0.39 is 0 Å². The predicted molar refractivity (Wildman–Crippen MR) is 105 cm³/mol. The Hall–Kier alpha value is -0.160. The zero-order chi connectivity index (χ0) is 16.9. The summed E-state index contributed by atoms with van der Waals surface area (Å²) >= 11 is 0. The first-order valence-electron chi connectivity index (χ1n) is 11.3. The second kappa shape index (κ2) is 9.16. The predicted octanol–water partition coefficient (Wildman–Crippen LogP) is 2.84. The first kappa shape index (κ1) is 18.2. The standard InChI is InChI=1S/C21H40N4/c1-3-11-24(12-4-1)20-7-15-22(16-8-20)19-23-17-9-21(10-18-23)25-13-5-2-6-14-25/h20-21H,1-19H2. The van der Waals surface area contributed by atoms with Gasteiger partial charge in [-0.1, -0.05) is 12.8 Å². The highest BCUT2D eigenvalue weighted by Gasteiger charge is 2.29. The third-order valence-electron chi connectivity index (χ3n) is 7.33. The minimum atomic E-state index is 0.890. The molecule has 4 fully saturated rings. The lowest BCUT2D eigenvalue weighted by atomic mass is 9.99. The van der Waals surface area contributed by atoms with Crippen molar-refractivity contribution in [3.8, 4) is 0 Å². The summed E-state index contributed by atoms with van der Waals surface area (Å²) in [6, 6.07) is 1.78. The number of piperidine rings is 4. The maximum atomic E-state index is 2.80. The molecule has 0 atom stereocenters. The molecule has 0 spiro atoms. The Morgan fingerprint density at radius 3 is 1.16 bits per heavy atom. The molecule has 4 heteroatoms. The van der Waals surface area contributed by atoms with Gasteiger partial charge >= 0.3 is 0 Å². The molecule has 0 amide bonds. The van der Waals surface area contributed by atoms with Gasteiger partial charge in [-0.2, -0.15) is 0 Å². The van der Waals surface area contributed by atoms with Crippen molar-refractivity contribution in [1.82, 2.24) is 19.6 Å². The van der Waals surface area contributed by atoms with Gasteiger partial charge in [0.1, 0.15) is 0 Å². The van der Waals surface area contributed by atoms with Crippen LogP contribution in [0.25, 0.3) is 0 Å². The monoisotopic (exact) mass is 348 g/mol. The van der Waals surface area contributed by atoms with E-state index in [0.29, 0.717) is 0 Å². The Morgan fingerprint density at radius 2 is 0.800 bits per heavy atom. The average Bonchev–Trinajstić information content (AvgIpc) is 2.71. The molecule has 4 aliphatic rings. The molecule has 144 valence electrons. The summed E-state index contributed by atoms with van der Waals surface area (Å²) in [6.07, 6.45) is 14.3. The van der Waals surface area contributed by atoms with E-state index in [2.05, 4.69) is 19.6 Å². The van der Waals surface area contributed by atoms with Crippen LogP contribution in [0.4, 0.5) is 0 Å². The Kier molecular flexibility index (Phi) is 6.68. The fraction of sp³-hybridized carbons (Fsp3) is 1.00. The number of hydrogen-bond donors (Lipinski definition) is 0. The van der Waals surface area contributed by atoms with Crippen LogP contribution in [-0.4, -0.2) is 90.7 Å². The highest BCUT2D eigenvalue weighted by atomic mass is 15.3. The molecular formula is C21H40N4. The van der Waals surface area contributed by atoms with E-state index in [9.17, 15) is 0 Å². The van der Waals surface area contributed by atoms with Crippen LogP contribution in [-0.2, 0) is 0 Å². The minimum Gasteiger partial charge on any atom is -0.300 e. The van der Waals surface area contributed by atoms with Gasteiger partial charge < -0.3 is 9.80 Å². The highest BCUT2D eigenvalue weighted by molar-refractivity contribution is 4.84. The maximum absolute atomic E-state index is 2.80. The first-order chi connectivity index (χ1) is 12.4. The zero-order valence-corrected chi connectivity index (χ0v) is 16.4. The number of rotatable bonds is 4. The summed E-state index contributed by atoms with van der Waals surface area (Å²) in [5.41, 5.74) is 0. The molecule has 0 unspecified atom stereocenters. The molecule has 0 N–H and O–H groups in total. The third-order valence-corrected chi connectivity index (χ3v) is 7.33. The minimum absolute atomic E-state index is 0.890. The number of likely N-dealkylation sites (tertiary alicyclic amines) is 4. The van der Waals surface area contributed by atoms with E-state index >= 15 is 0 Å². The van der Waals surface area contributed by atoms with Crippen molar-refractivity contribution in [2.45, 2.75) is 76.3 Å². The summed E-state index contributed by atoms with van der Waals surface area (Å²) < 4.78 is 0. The molecule has 0 saturated carbocycles. The lowest BCUT2D eigenvalue weighted by Crippen LogP contribution is -2.52. The van der Waals surface area contributed by atoms with Gasteiger partial charge in [-0.25, -0.2) is 0 Å². The maximum Gasteiger partial charge on any atom is 0.0506 e. The first-order valence-corrected chi connectivity index (χ1v) is 11.3. The summed E-state index contributed by atoms with van der Waals surface area (Å²) in [5, 5.41) is 0. The van der Waals surface area contributed by atoms with Crippen molar-refractivity contribution in [2.75, 3.05) is 59.0 Å². The molecule has 0 bridgehead atoms. The lowest BCUT2D eigenvalue weighted by molar-refractivity contribution is 0.0337. The van der Waals surface area contributed by atoms with E-state index in [4.69, 9.17) is 0 Å². The molecule has 4 heterocycles. The van der Waals surface area contributed by atoms with Crippen LogP contribution in [0.15, 0.2) is 0 Å². The largest absolute Gasteiger partial charge is 0.300 e. The van der Waals surface area contributed by atoms with Crippen LogP contribution >= 0.6 is 0 Å². The SMILES string of the molecule is C1CCN(C2CCN(CN3CCC(N4CCCCC4)CC3)CC2)CC1. The molecule has 0 aromatic heterocycles. The van der Waals surface area contributed by atoms with Gasteiger partial charge in [-0.15, -0.1) is 0 Å². The van der Waals surface area contributed by atoms with Crippen molar-refractivity contribution in [3.63, 3.8) is 0 Å². The van der Waals surface area contributed by atoms with Crippen LogP contribution in [0.1, 0.15) is 64.2 Å². The van der Waals surface area contributed by atoms with E-state index in [1.165, 1.54) is 123 Å². The van der Waals surface area contributed by atoms with Crippen molar-refractivity contribution >= 4 is 0 Å². The van der Waals surface area contributed by atoms with Crippen LogP contribution in [0.3, 0.4) is 0 Å². The van der Waals surface area contributed by atoms with Crippen LogP contribution in [0.5, 0.6) is 0 Å². The molecule has 4 aliphatic heterocycles. The van der Waals surface area contributed by atoms with Gasteiger partial charge in [0, 0.05) is 38.3 Å². The normalized spacial score (nSPS) is 30.7. The van der Waals surface area contributed by atoms with Crippen molar-refractivity contribution < 1.29 is 0 Å². The molecule has 0 aromatic carbocycles. The second-order valence-electron chi connectivity index (χ2n) is 9.03. The van der Waals surface area contributed by atoms with Crippen molar-refractivity contribution in [1.29, 1.82) is 0 Å². The molecule has 4 nitrogen and oxygen atoms in total. The molecule has 25 heavy (non-hydrogen) atoms. The van der Waals surface area contributed by atoms with Crippen LogP contribution < -0.4 is 0 Å². The van der Waals surface area contributed by atoms with E-state index in [1.807, 2.05) is 0 Å². The van der Waals surface area contributed by atoms with Crippen LogP contribution in [0.2, 0.25) is 0 Å². The topological polar surface area (TPSA) is 13.0 Å². The third kappa shape index (κ3) is 4.97. The molecule has 4 saturated heterocycles. The zero-order valence-electron chi connectivity index (χ0n) is 16.4. The molecule has 0 aliphatic carbocycles. The molecule has 0 aromatic rings. The van der Waals surface area contributed by atoms with Gasteiger partial charge in [0.2, 0.25) is 0 Å². The average molecular weight is 349 g/mol. The molecule has 4 rings (SSSR count). The van der Waals surface area contributed by atoms with Gasteiger partial charge in [0.15, 0.2) is 0 Å². The summed E-state index contributed by atoms with van der Waals surface area (Å²) in [7, 11) is 0. The van der Waals surface area contributed by atoms with Gasteiger partial charge in [-0.3, -0.25) is 9.80 Å². The second-order valence-corrected chi connectivity index (χ2v) is 9.03. The van der Waals surface area contributed by atoms with E-state index in [1.54, 1.807) is 0 Å². The van der Waals surface area contributed by atoms with Crippen LogP contribution in [0, 0.1) is 0 Å². The van der Waals surface area contributed by atoms with E-state index in [0.717, 1.165) is 12.1 Å². The quantitative estimate of drug-likeness (QED) is 0.774.